The Kier molecular flexibility index (Phi) is 7.40. The number of esters is 1. The molecule has 1 aliphatic heterocycles. The molecular formula is C24H36N2O4. The zero-order chi connectivity index (χ0) is 21.7. The molecule has 0 unspecified atom stereocenters. The molecule has 1 saturated carbocycles. The number of benzene rings is 1. The van der Waals surface area contributed by atoms with Crippen molar-refractivity contribution in [3.05, 3.63) is 35.4 Å². The lowest BCUT2D eigenvalue weighted by Crippen LogP contribution is -2.53. The summed E-state index contributed by atoms with van der Waals surface area (Å²) < 4.78 is 10.6. The third kappa shape index (κ3) is 5.97. The molecule has 166 valence electrons. The molecule has 6 nitrogen and oxygen atoms in total. The normalized spacial score (nSPS) is 23.1. The molecule has 1 heterocycles. The van der Waals surface area contributed by atoms with E-state index in [2.05, 4.69) is 17.0 Å². The molecule has 0 spiro atoms. The van der Waals surface area contributed by atoms with Crippen LogP contribution in [-0.4, -0.2) is 66.3 Å². The first-order valence-electron chi connectivity index (χ1n) is 11.3. The van der Waals surface area contributed by atoms with Crippen molar-refractivity contribution in [1.82, 2.24) is 9.80 Å². The number of amides is 1. The van der Waals surface area contributed by atoms with Crippen LogP contribution in [0.4, 0.5) is 4.79 Å². The number of carbonyl (C=O) groups excluding carboxylic acids is 2. The van der Waals surface area contributed by atoms with E-state index in [0.717, 1.165) is 39.0 Å². The zero-order valence-corrected chi connectivity index (χ0v) is 18.9. The van der Waals surface area contributed by atoms with Crippen molar-refractivity contribution in [3.63, 3.8) is 0 Å². The first-order chi connectivity index (χ1) is 14.3. The van der Waals surface area contributed by atoms with Gasteiger partial charge in [-0.3, -0.25) is 4.90 Å². The van der Waals surface area contributed by atoms with Gasteiger partial charge in [0.25, 0.3) is 0 Å². The van der Waals surface area contributed by atoms with E-state index in [4.69, 9.17) is 9.47 Å². The fourth-order valence-electron chi connectivity index (χ4n) is 4.48. The fraction of sp³-hybridized carbons (Fsp3) is 0.667. The van der Waals surface area contributed by atoms with E-state index in [-0.39, 0.29) is 12.1 Å². The minimum absolute atomic E-state index is 0.197. The highest BCUT2D eigenvalue weighted by Crippen LogP contribution is 2.35. The van der Waals surface area contributed by atoms with Crippen molar-refractivity contribution >= 4 is 12.1 Å². The van der Waals surface area contributed by atoms with E-state index in [0.29, 0.717) is 24.1 Å². The summed E-state index contributed by atoms with van der Waals surface area (Å²) >= 11 is 0. The van der Waals surface area contributed by atoms with Crippen molar-refractivity contribution in [1.29, 1.82) is 0 Å². The molecule has 1 amide bonds. The third-order valence-electron chi connectivity index (χ3n) is 6.07. The maximum atomic E-state index is 12.3. The standard InChI is InChI=1S/C24H36N2O4/c1-5-29-22(27)20-8-6-18(7-9-20)19-10-12-21(13-11-19)25-14-16-26(17-15-25)23(28)30-24(2,3)4/h6-9,19,21H,5,10-17H2,1-4H3. The van der Waals surface area contributed by atoms with Crippen LogP contribution >= 0.6 is 0 Å². The predicted molar refractivity (Wildman–Crippen MR) is 117 cm³/mol. The summed E-state index contributed by atoms with van der Waals surface area (Å²) in [5.41, 5.74) is 1.49. The van der Waals surface area contributed by atoms with Crippen LogP contribution in [-0.2, 0) is 9.47 Å². The van der Waals surface area contributed by atoms with Crippen LogP contribution in [0.2, 0.25) is 0 Å². The molecule has 0 radical (unpaired) electrons. The molecule has 1 saturated heterocycles. The van der Waals surface area contributed by atoms with Crippen LogP contribution in [0.3, 0.4) is 0 Å². The van der Waals surface area contributed by atoms with Crippen molar-refractivity contribution in [2.24, 2.45) is 0 Å². The average Bonchev–Trinajstić information content (AvgIpc) is 2.73. The minimum atomic E-state index is -0.443. The van der Waals surface area contributed by atoms with E-state index in [1.807, 2.05) is 44.7 Å². The highest BCUT2D eigenvalue weighted by Gasteiger charge is 2.31. The first-order valence-corrected chi connectivity index (χ1v) is 11.3. The summed E-state index contributed by atoms with van der Waals surface area (Å²) in [6, 6.07) is 8.53. The lowest BCUT2D eigenvalue weighted by Gasteiger charge is -2.42. The van der Waals surface area contributed by atoms with Crippen molar-refractivity contribution < 1.29 is 19.1 Å². The summed E-state index contributed by atoms with van der Waals surface area (Å²) in [5.74, 6) is 0.304. The van der Waals surface area contributed by atoms with Gasteiger partial charge in [-0.25, -0.2) is 9.59 Å². The average molecular weight is 417 g/mol. The van der Waals surface area contributed by atoms with Gasteiger partial charge in [0, 0.05) is 32.2 Å². The Bertz CT molecular complexity index is 710. The number of rotatable bonds is 4. The number of nitrogens with zero attached hydrogens (tertiary/aromatic N) is 2. The van der Waals surface area contributed by atoms with Gasteiger partial charge in [0.1, 0.15) is 5.60 Å². The Morgan fingerprint density at radius 3 is 2.10 bits per heavy atom. The number of hydrogen-bond donors (Lipinski definition) is 0. The lowest BCUT2D eigenvalue weighted by molar-refractivity contribution is 0.00786. The van der Waals surface area contributed by atoms with Crippen LogP contribution in [0.25, 0.3) is 0 Å². The molecule has 0 N–H and O–H groups in total. The van der Waals surface area contributed by atoms with Crippen molar-refractivity contribution in [3.8, 4) is 0 Å². The zero-order valence-electron chi connectivity index (χ0n) is 18.9. The van der Waals surface area contributed by atoms with Gasteiger partial charge in [-0.05, 0) is 77.0 Å². The van der Waals surface area contributed by atoms with Crippen LogP contribution in [0.1, 0.15) is 75.2 Å². The first kappa shape index (κ1) is 22.6. The van der Waals surface area contributed by atoms with Gasteiger partial charge in [0.15, 0.2) is 0 Å². The van der Waals surface area contributed by atoms with E-state index >= 15 is 0 Å². The van der Waals surface area contributed by atoms with Crippen molar-refractivity contribution in [2.45, 2.75) is 70.9 Å². The second-order valence-corrected chi connectivity index (χ2v) is 9.35. The number of piperazine rings is 1. The van der Waals surface area contributed by atoms with Gasteiger partial charge < -0.3 is 14.4 Å². The van der Waals surface area contributed by atoms with Gasteiger partial charge in [-0.2, -0.15) is 0 Å². The molecule has 2 fully saturated rings. The molecular weight excluding hydrogens is 380 g/mol. The summed E-state index contributed by atoms with van der Waals surface area (Å²) in [6.07, 6.45) is 4.48. The molecule has 1 aromatic carbocycles. The molecule has 2 aliphatic rings. The SMILES string of the molecule is CCOC(=O)c1ccc(C2CCC(N3CCN(C(=O)OC(C)(C)C)CC3)CC2)cc1. The monoisotopic (exact) mass is 416 g/mol. The van der Waals surface area contributed by atoms with E-state index in [1.165, 1.54) is 18.4 Å². The molecule has 0 aromatic heterocycles. The second kappa shape index (κ2) is 9.82. The summed E-state index contributed by atoms with van der Waals surface area (Å²) in [6.45, 7) is 11.3. The predicted octanol–water partition coefficient (Wildman–Crippen LogP) is 4.44. The smallest absolute Gasteiger partial charge is 0.410 e. The number of ether oxygens (including phenoxy) is 2. The summed E-state index contributed by atoms with van der Waals surface area (Å²) in [5, 5.41) is 0. The van der Waals surface area contributed by atoms with Gasteiger partial charge in [-0.15, -0.1) is 0 Å². The van der Waals surface area contributed by atoms with Gasteiger partial charge >= 0.3 is 12.1 Å². The van der Waals surface area contributed by atoms with Crippen LogP contribution in [0.15, 0.2) is 24.3 Å². The molecule has 0 bridgehead atoms. The Morgan fingerprint density at radius 1 is 0.967 bits per heavy atom. The highest BCUT2D eigenvalue weighted by molar-refractivity contribution is 5.89. The molecule has 6 heteroatoms. The van der Waals surface area contributed by atoms with E-state index in [9.17, 15) is 9.59 Å². The topological polar surface area (TPSA) is 59.1 Å². The molecule has 1 aromatic rings. The fourth-order valence-corrected chi connectivity index (χ4v) is 4.48. The van der Waals surface area contributed by atoms with Crippen molar-refractivity contribution in [2.75, 3.05) is 32.8 Å². The van der Waals surface area contributed by atoms with E-state index < -0.39 is 5.60 Å². The van der Waals surface area contributed by atoms with E-state index in [1.54, 1.807) is 0 Å². The molecule has 3 rings (SSSR count). The van der Waals surface area contributed by atoms with Gasteiger partial charge in [0.05, 0.1) is 12.2 Å². The molecule has 30 heavy (non-hydrogen) atoms. The quantitative estimate of drug-likeness (QED) is 0.679. The lowest BCUT2D eigenvalue weighted by atomic mass is 9.81. The Morgan fingerprint density at radius 2 is 1.57 bits per heavy atom. The number of carbonyl (C=O) groups is 2. The van der Waals surface area contributed by atoms with Gasteiger partial charge in [0.2, 0.25) is 0 Å². The minimum Gasteiger partial charge on any atom is -0.462 e. The largest absolute Gasteiger partial charge is 0.462 e. The molecule has 0 atom stereocenters. The number of hydrogen-bond acceptors (Lipinski definition) is 5. The summed E-state index contributed by atoms with van der Waals surface area (Å²) in [4.78, 5) is 28.5. The summed E-state index contributed by atoms with van der Waals surface area (Å²) in [7, 11) is 0. The maximum Gasteiger partial charge on any atom is 0.410 e. The molecule has 1 aliphatic carbocycles. The maximum absolute atomic E-state index is 12.3. The van der Waals surface area contributed by atoms with Crippen LogP contribution < -0.4 is 0 Å². The van der Waals surface area contributed by atoms with Crippen LogP contribution in [0, 0.1) is 0 Å². The second-order valence-electron chi connectivity index (χ2n) is 9.35. The third-order valence-corrected chi connectivity index (χ3v) is 6.07. The van der Waals surface area contributed by atoms with Gasteiger partial charge in [-0.1, -0.05) is 12.1 Å². The Balaban J connectivity index is 1.45. The Labute approximate surface area is 180 Å². The Hall–Kier alpha value is -2.08. The highest BCUT2D eigenvalue weighted by atomic mass is 16.6. The van der Waals surface area contributed by atoms with Crippen LogP contribution in [0.5, 0.6) is 0 Å².